The quantitative estimate of drug-likeness (QED) is 0.871. The van der Waals surface area contributed by atoms with Gasteiger partial charge in [-0.2, -0.15) is 4.31 Å². The van der Waals surface area contributed by atoms with Gasteiger partial charge in [0.25, 0.3) is 0 Å². The number of fused-ring (bicyclic) bond motifs is 1. The van der Waals surface area contributed by atoms with Crippen LogP contribution in [0.2, 0.25) is 0 Å². The molecule has 2 heterocycles. The van der Waals surface area contributed by atoms with Crippen LogP contribution in [0.25, 0.3) is 0 Å². The summed E-state index contributed by atoms with van der Waals surface area (Å²) >= 11 is 0. The van der Waals surface area contributed by atoms with Crippen molar-refractivity contribution in [2.75, 3.05) is 24.5 Å². The minimum absolute atomic E-state index is 0.00262. The van der Waals surface area contributed by atoms with Crippen LogP contribution in [-0.2, 0) is 21.2 Å². The second-order valence-electron chi connectivity index (χ2n) is 7.43. The molecule has 2 N–H and O–H groups in total. The van der Waals surface area contributed by atoms with Crippen LogP contribution < -0.4 is 10.6 Å². The molecule has 0 aromatic heterocycles. The zero-order chi connectivity index (χ0) is 17.7. The van der Waals surface area contributed by atoms with Crippen LogP contribution in [0.15, 0.2) is 23.1 Å². The highest BCUT2D eigenvalue weighted by Gasteiger charge is 2.39. The van der Waals surface area contributed by atoms with Gasteiger partial charge in [-0.1, -0.05) is 19.9 Å². The molecule has 7 heteroatoms. The van der Waals surface area contributed by atoms with Gasteiger partial charge in [-0.15, -0.1) is 0 Å². The maximum atomic E-state index is 13.0. The Kier molecular flexibility index (Phi) is 4.22. The van der Waals surface area contributed by atoms with Crippen molar-refractivity contribution in [1.29, 1.82) is 0 Å². The van der Waals surface area contributed by atoms with E-state index in [9.17, 15) is 13.2 Å². The van der Waals surface area contributed by atoms with Gasteiger partial charge in [0.05, 0.1) is 4.90 Å². The third-order valence-electron chi connectivity index (χ3n) is 5.25. The third-order valence-corrected chi connectivity index (χ3v) is 7.09. The predicted octanol–water partition coefficient (Wildman–Crippen LogP) is 1.34. The number of carbonyl (C=O) groups excluding carboxylic acids is 1. The molecule has 0 spiro atoms. The standard InChI is InChI=1S/C17H25N3O3S/c1-12(21)20-9-6-13-4-5-14(10-15(13)20)24(22,23)19-8-7-16(18)17(2,3)11-19/h4-5,10,16H,6-9,11,18H2,1-3H3. The van der Waals surface area contributed by atoms with Gasteiger partial charge in [-0.3, -0.25) is 4.79 Å². The van der Waals surface area contributed by atoms with E-state index in [1.54, 1.807) is 17.0 Å². The lowest BCUT2D eigenvalue weighted by atomic mass is 9.81. The van der Waals surface area contributed by atoms with Gasteiger partial charge in [0.1, 0.15) is 0 Å². The summed E-state index contributed by atoms with van der Waals surface area (Å²) in [5.41, 5.74) is 7.60. The molecule has 24 heavy (non-hydrogen) atoms. The number of nitrogens with two attached hydrogens (primary N) is 1. The molecule has 132 valence electrons. The average molecular weight is 351 g/mol. The van der Waals surface area contributed by atoms with Crippen molar-refractivity contribution in [3.8, 4) is 0 Å². The van der Waals surface area contributed by atoms with Crippen molar-refractivity contribution in [2.45, 2.75) is 44.6 Å². The van der Waals surface area contributed by atoms with Gasteiger partial charge in [0, 0.05) is 38.3 Å². The third kappa shape index (κ3) is 2.85. The SMILES string of the molecule is CC(=O)N1CCc2ccc(S(=O)(=O)N3CCC(N)C(C)(C)C3)cc21. The number of amides is 1. The predicted molar refractivity (Wildman–Crippen MR) is 93.3 cm³/mol. The Morgan fingerprint density at radius 1 is 1.29 bits per heavy atom. The molecule has 1 fully saturated rings. The second-order valence-corrected chi connectivity index (χ2v) is 9.37. The summed E-state index contributed by atoms with van der Waals surface area (Å²) < 4.78 is 27.6. The van der Waals surface area contributed by atoms with E-state index in [2.05, 4.69) is 0 Å². The average Bonchev–Trinajstić information content (AvgIpc) is 2.93. The van der Waals surface area contributed by atoms with Crippen LogP contribution in [-0.4, -0.2) is 44.3 Å². The van der Waals surface area contributed by atoms with Crippen LogP contribution in [0.5, 0.6) is 0 Å². The number of nitrogens with zero attached hydrogens (tertiary/aromatic N) is 2. The second kappa shape index (κ2) is 5.82. The van der Waals surface area contributed by atoms with Crippen LogP contribution in [0, 0.1) is 5.41 Å². The smallest absolute Gasteiger partial charge is 0.243 e. The van der Waals surface area contributed by atoms with Crippen LogP contribution in [0.3, 0.4) is 0 Å². The minimum Gasteiger partial charge on any atom is -0.327 e. The van der Waals surface area contributed by atoms with E-state index in [0.717, 1.165) is 17.7 Å². The van der Waals surface area contributed by atoms with Crippen molar-refractivity contribution < 1.29 is 13.2 Å². The number of benzene rings is 1. The minimum atomic E-state index is -3.59. The van der Waals surface area contributed by atoms with Crippen molar-refractivity contribution >= 4 is 21.6 Å². The first-order valence-electron chi connectivity index (χ1n) is 8.30. The number of hydrogen-bond donors (Lipinski definition) is 1. The summed E-state index contributed by atoms with van der Waals surface area (Å²) in [6.07, 6.45) is 1.41. The van der Waals surface area contributed by atoms with E-state index < -0.39 is 10.0 Å². The summed E-state index contributed by atoms with van der Waals surface area (Å²) in [5, 5.41) is 0. The first kappa shape index (κ1) is 17.4. The summed E-state index contributed by atoms with van der Waals surface area (Å²) in [4.78, 5) is 13.6. The molecule has 2 aliphatic rings. The molecule has 0 bridgehead atoms. The van der Waals surface area contributed by atoms with Crippen molar-refractivity contribution in [1.82, 2.24) is 4.31 Å². The molecule has 1 aromatic carbocycles. The van der Waals surface area contributed by atoms with Crippen molar-refractivity contribution in [2.24, 2.45) is 11.1 Å². The van der Waals surface area contributed by atoms with E-state index in [-0.39, 0.29) is 22.3 Å². The molecule has 1 amide bonds. The molecule has 0 aliphatic carbocycles. The summed E-state index contributed by atoms with van der Waals surface area (Å²) in [6, 6.07) is 5.11. The van der Waals surface area contributed by atoms with Gasteiger partial charge in [-0.25, -0.2) is 8.42 Å². The van der Waals surface area contributed by atoms with Gasteiger partial charge < -0.3 is 10.6 Å². The topological polar surface area (TPSA) is 83.7 Å². The fourth-order valence-electron chi connectivity index (χ4n) is 3.53. The van der Waals surface area contributed by atoms with Crippen molar-refractivity contribution in [3.63, 3.8) is 0 Å². The van der Waals surface area contributed by atoms with E-state index in [4.69, 9.17) is 5.73 Å². The molecular weight excluding hydrogens is 326 g/mol. The first-order valence-corrected chi connectivity index (χ1v) is 9.74. The van der Waals surface area contributed by atoms with E-state index in [0.29, 0.717) is 26.1 Å². The zero-order valence-electron chi connectivity index (χ0n) is 14.4. The lowest BCUT2D eigenvalue weighted by Crippen LogP contribution is -2.53. The fraction of sp³-hybridized carbons (Fsp3) is 0.588. The Bertz CT molecular complexity index is 773. The van der Waals surface area contributed by atoms with Crippen LogP contribution >= 0.6 is 0 Å². The van der Waals surface area contributed by atoms with E-state index in [1.165, 1.54) is 11.2 Å². The maximum absolute atomic E-state index is 13.0. The Hall–Kier alpha value is -1.44. The van der Waals surface area contributed by atoms with E-state index >= 15 is 0 Å². The van der Waals surface area contributed by atoms with Gasteiger partial charge in [-0.05, 0) is 36.0 Å². The first-order chi connectivity index (χ1) is 11.1. The van der Waals surface area contributed by atoms with Gasteiger partial charge in [0.2, 0.25) is 15.9 Å². The van der Waals surface area contributed by atoms with Gasteiger partial charge in [0.15, 0.2) is 0 Å². The highest BCUT2D eigenvalue weighted by Crippen LogP contribution is 2.34. The van der Waals surface area contributed by atoms with Gasteiger partial charge >= 0.3 is 0 Å². The molecule has 1 unspecified atom stereocenters. The molecule has 1 atom stereocenters. The zero-order valence-corrected chi connectivity index (χ0v) is 15.3. The van der Waals surface area contributed by atoms with Crippen LogP contribution in [0.1, 0.15) is 32.8 Å². The maximum Gasteiger partial charge on any atom is 0.243 e. The number of piperidine rings is 1. The molecule has 1 aromatic rings. The molecule has 2 aliphatic heterocycles. The number of carbonyl (C=O) groups is 1. The highest BCUT2D eigenvalue weighted by molar-refractivity contribution is 7.89. The number of hydrogen-bond acceptors (Lipinski definition) is 4. The Labute approximate surface area is 143 Å². The normalized spacial score (nSPS) is 24.0. The summed E-state index contributed by atoms with van der Waals surface area (Å²) in [6.45, 7) is 6.95. The molecule has 1 saturated heterocycles. The van der Waals surface area contributed by atoms with Crippen LogP contribution in [0.4, 0.5) is 5.69 Å². The molecular formula is C17H25N3O3S. The lowest BCUT2D eigenvalue weighted by Gasteiger charge is -2.41. The molecule has 6 nitrogen and oxygen atoms in total. The molecule has 3 rings (SSSR count). The number of anilines is 1. The molecule has 0 radical (unpaired) electrons. The number of sulfonamides is 1. The Balaban J connectivity index is 1.94. The fourth-order valence-corrected chi connectivity index (χ4v) is 5.17. The highest BCUT2D eigenvalue weighted by atomic mass is 32.2. The summed E-state index contributed by atoms with van der Waals surface area (Å²) in [7, 11) is -3.59. The number of rotatable bonds is 2. The Morgan fingerprint density at radius 2 is 2.00 bits per heavy atom. The summed E-state index contributed by atoms with van der Waals surface area (Å²) in [5.74, 6) is -0.0617. The Morgan fingerprint density at radius 3 is 2.62 bits per heavy atom. The largest absolute Gasteiger partial charge is 0.327 e. The van der Waals surface area contributed by atoms with Crippen molar-refractivity contribution in [3.05, 3.63) is 23.8 Å². The monoisotopic (exact) mass is 351 g/mol. The lowest BCUT2D eigenvalue weighted by molar-refractivity contribution is -0.116. The molecule has 0 saturated carbocycles. The van der Waals surface area contributed by atoms with E-state index in [1.807, 2.05) is 19.9 Å².